The highest BCUT2D eigenvalue weighted by molar-refractivity contribution is 8.00. The molecule has 1 saturated heterocycles. The van der Waals surface area contributed by atoms with Crippen LogP contribution in [0.4, 0.5) is 4.79 Å². The van der Waals surface area contributed by atoms with E-state index >= 15 is 0 Å². The number of rotatable bonds is 3. The minimum Gasteiger partial charge on any atom is -0.443 e. The molecule has 0 spiro atoms. The van der Waals surface area contributed by atoms with Crippen molar-refractivity contribution in [3.63, 3.8) is 0 Å². The third kappa shape index (κ3) is 6.54. The Bertz CT molecular complexity index is 650. The van der Waals surface area contributed by atoms with Crippen LogP contribution in [0.3, 0.4) is 0 Å². The van der Waals surface area contributed by atoms with Crippen molar-refractivity contribution in [1.82, 2.24) is 10.2 Å². The first-order chi connectivity index (χ1) is 12.5. The van der Waals surface area contributed by atoms with Gasteiger partial charge in [0.2, 0.25) is 5.91 Å². The fourth-order valence-corrected chi connectivity index (χ4v) is 4.25. The lowest BCUT2D eigenvalue weighted by Crippen LogP contribution is -2.58. The number of nitrogens with one attached hydrogen (secondary N) is 1. The fraction of sp³-hybridized carbons (Fsp3) is 0.619. The monoisotopic (exact) mass is 392 g/mol. The van der Waals surface area contributed by atoms with Gasteiger partial charge >= 0.3 is 6.09 Å². The van der Waals surface area contributed by atoms with E-state index < -0.39 is 17.2 Å². The molecule has 1 aliphatic rings. The number of hydrogen-bond acceptors (Lipinski definition) is 5. The third-order valence-corrected chi connectivity index (χ3v) is 5.47. The topological polar surface area (TPSA) is 58.6 Å². The first-order valence-electron chi connectivity index (χ1n) is 9.49. The van der Waals surface area contributed by atoms with E-state index in [1.807, 2.05) is 59.7 Å². The van der Waals surface area contributed by atoms with Crippen molar-refractivity contribution in [2.75, 3.05) is 6.54 Å². The lowest BCUT2D eigenvalue weighted by Gasteiger charge is -2.39. The molecule has 1 aromatic carbocycles. The number of hydrogen-bond donors (Lipinski definition) is 1. The smallest absolute Gasteiger partial charge is 0.417 e. The van der Waals surface area contributed by atoms with Crippen molar-refractivity contribution in [3.05, 3.63) is 30.3 Å². The second-order valence-electron chi connectivity index (χ2n) is 8.91. The number of benzene rings is 1. The average Bonchev–Trinajstić information content (AvgIpc) is 2.53. The molecule has 0 aliphatic carbocycles. The predicted octanol–water partition coefficient (Wildman–Crippen LogP) is 4.46. The van der Waals surface area contributed by atoms with E-state index in [1.54, 1.807) is 11.8 Å². The van der Waals surface area contributed by atoms with Crippen LogP contribution in [0.5, 0.6) is 0 Å². The Hall–Kier alpha value is -1.53. The number of piperidine rings is 1. The number of carbonyl (C=O) groups is 2. The van der Waals surface area contributed by atoms with Gasteiger partial charge in [0.1, 0.15) is 5.60 Å². The van der Waals surface area contributed by atoms with Gasteiger partial charge in [0.15, 0.2) is 0 Å². The summed E-state index contributed by atoms with van der Waals surface area (Å²) in [5, 5.41) is 3.63. The van der Waals surface area contributed by atoms with E-state index in [1.165, 1.54) is 9.80 Å². The molecule has 2 atom stereocenters. The summed E-state index contributed by atoms with van der Waals surface area (Å²) >= 11 is 1.80. The highest BCUT2D eigenvalue weighted by Crippen LogP contribution is 2.31. The third-order valence-electron chi connectivity index (χ3n) is 4.17. The number of ether oxygens (including phenoxy) is 1. The number of thioether (sulfide) groups is 1. The molecule has 1 fully saturated rings. The van der Waals surface area contributed by atoms with Crippen LogP contribution in [0.15, 0.2) is 35.2 Å². The van der Waals surface area contributed by atoms with Crippen LogP contribution in [0, 0.1) is 0 Å². The normalized spacial score (nSPS) is 20.8. The van der Waals surface area contributed by atoms with Crippen LogP contribution >= 0.6 is 11.8 Å². The van der Waals surface area contributed by atoms with Crippen LogP contribution in [-0.2, 0) is 9.53 Å². The van der Waals surface area contributed by atoms with Crippen molar-refractivity contribution in [1.29, 1.82) is 0 Å². The van der Waals surface area contributed by atoms with Gasteiger partial charge in [-0.2, -0.15) is 0 Å². The number of amides is 2. The molecule has 6 heteroatoms. The molecule has 1 aromatic rings. The summed E-state index contributed by atoms with van der Waals surface area (Å²) in [7, 11) is 0. The summed E-state index contributed by atoms with van der Waals surface area (Å²) in [6.07, 6.45) is 1.10. The first-order valence-corrected chi connectivity index (χ1v) is 10.4. The summed E-state index contributed by atoms with van der Waals surface area (Å²) in [6.45, 7) is 11.7. The first kappa shape index (κ1) is 21.8. The zero-order valence-electron chi connectivity index (χ0n) is 17.2. The van der Waals surface area contributed by atoms with Crippen molar-refractivity contribution < 1.29 is 14.3 Å². The van der Waals surface area contributed by atoms with Gasteiger partial charge in [-0.05, 0) is 73.1 Å². The van der Waals surface area contributed by atoms with Gasteiger partial charge in [-0.15, -0.1) is 11.8 Å². The van der Waals surface area contributed by atoms with E-state index in [-0.39, 0.29) is 11.9 Å². The maximum Gasteiger partial charge on any atom is 0.417 e. The van der Waals surface area contributed by atoms with Gasteiger partial charge in [-0.3, -0.25) is 4.79 Å². The van der Waals surface area contributed by atoms with Crippen molar-refractivity contribution in [2.45, 2.75) is 81.7 Å². The molecule has 1 aliphatic heterocycles. The Morgan fingerprint density at radius 2 is 1.74 bits per heavy atom. The fourth-order valence-electron chi connectivity index (χ4n) is 3.03. The van der Waals surface area contributed by atoms with Crippen LogP contribution in [-0.4, -0.2) is 45.9 Å². The zero-order valence-corrected chi connectivity index (χ0v) is 18.1. The SMILES string of the molecule is CC(C)(C)OC(=O)N(C(=O)[C@@H]1C[C@H](Sc2ccccc2)CCN1)C(C)(C)C. The maximum absolute atomic E-state index is 13.2. The number of carbonyl (C=O) groups excluding carboxylic acids is 2. The van der Waals surface area contributed by atoms with E-state index in [0.29, 0.717) is 11.7 Å². The molecule has 0 unspecified atom stereocenters. The summed E-state index contributed by atoms with van der Waals surface area (Å²) in [5.74, 6) is -0.213. The molecule has 0 saturated carbocycles. The average molecular weight is 393 g/mol. The lowest BCUT2D eigenvalue weighted by atomic mass is 9.99. The molecule has 2 amide bonds. The van der Waals surface area contributed by atoms with Crippen LogP contribution < -0.4 is 5.32 Å². The van der Waals surface area contributed by atoms with Crippen LogP contribution in [0.1, 0.15) is 54.4 Å². The quantitative estimate of drug-likeness (QED) is 0.823. The molecule has 0 aromatic heterocycles. The highest BCUT2D eigenvalue weighted by atomic mass is 32.2. The Labute approximate surface area is 167 Å². The molecule has 1 N–H and O–H groups in total. The summed E-state index contributed by atoms with van der Waals surface area (Å²) in [4.78, 5) is 28.4. The molecule has 0 radical (unpaired) electrons. The van der Waals surface area contributed by atoms with Gasteiger partial charge in [-0.1, -0.05) is 18.2 Å². The molecule has 1 heterocycles. The molecular weight excluding hydrogens is 360 g/mol. The number of imide groups is 1. The summed E-state index contributed by atoms with van der Waals surface area (Å²) < 4.78 is 5.49. The Kier molecular flexibility index (Phi) is 6.98. The van der Waals surface area contributed by atoms with Crippen molar-refractivity contribution in [3.8, 4) is 0 Å². The lowest BCUT2D eigenvalue weighted by molar-refractivity contribution is -0.137. The second kappa shape index (κ2) is 8.65. The highest BCUT2D eigenvalue weighted by Gasteiger charge is 2.40. The Balaban J connectivity index is 2.10. The maximum atomic E-state index is 13.2. The minimum atomic E-state index is -0.652. The Morgan fingerprint density at radius 3 is 2.30 bits per heavy atom. The molecule has 0 bridgehead atoms. The molecule has 150 valence electrons. The molecule has 2 rings (SSSR count). The van der Waals surface area contributed by atoms with Gasteiger partial charge in [0.25, 0.3) is 0 Å². The van der Waals surface area contributed by atoms with Gasteiger partial charge < -0.3 is 10.1 Å². The Morgan fingerprint density at radius 1 is 1.11 bits per heavy atom. The molecular formula is C21H32N2O3S. The zero-order chi connectivity index (χ0) is 20.2. The van der Waals surface area contributed by atoms with E-state index in [0.717, 1.165) is 13.0 Å². The molecule has 27 heavy (non-hydrogen) atoms. The van der Waals surface area contributed by atoms with Gasteiger partial charge in [0.05, 0.1) is 6.04 Å². The molecule has 5 nitrogen and oxygen atoms in total. The largest absolute Gasteiger partial charge is 0.443 e. The van der Waals surface area contributed by atoms with Crippen LogP contribution in [0.25, 0.3) is 0 Å². The minimum absolute atomic E-state index is 0.213. The van der Waals surface area contributed by atoms with Gasteiger partial charge in [0, 0.05) is 15.7 Å². The van der Waals surface area contributed by atoms with Crippen molar-refractivity contribution >= 4 is 23.8 Å². The van der Waals surface area contributed by atoms with Gasteiger partial charge in [-0.25, -0.2) is 9.69 Å². The van der Waals surface area contributed by atoms with E-state index in [4.69, 9.17) is 4.74 Å². The predicted molar refractivity (Wildman–Crippen MR) is 110 cm³/mol. The van der Waals surface area contributed by atoms with Crippen LogP contribution in [0.2, 0.25) is 0 Å². The van der Waals surface area contributed by atoms with E-state index in [9.17, 15) is 9.59 Å². The summed E-state index contributed by atoms with van der Waals surface area (Å²) in [5.41, 5.74) is -1.30. The summed E-state index contributed by atoms with van der Waals surface area (Å²) in [6, 6.07) is 9.84. The van der Waals surface area contributed by atoms with Crippen molar-refractivity contribution in [2.24, 2.45) is 0 Å². The second-order valence-corrected chi connectivity index (χ2v) is 10.3. The standard InChI is InChI=1S/C21H32N2O3S/c1-20(2,3)23(19(25)26-21(4,5)6)18(24)17-14-16(12-13-22-17)27-15-10-8-7-9-11-15/h7-11,16-17,22H,12-14H2,1-6H3/t16-,17+/m1/s1. The number of nitrogens with zero attached hydrogens (tertiary/aromatic N) is 1. The van der Waals surface area contributed by atoms with E-state index in [2.05, 4.69) is 17.4 Å².